The van der Waals surface area contributed by atoms with E-state index >= 15 is 0 Å². The van der Waals surface area contributed by atoms with Crippen LogP contribution in [-0.4, -0.2) is 46.6 Å². The first kappa shape index (κ1) is 20.0. The molecular formula is C18H14ClFN8OS. The van der Waals surface area contributed by atoms with Crippen molar-refractivity contribution in [3.63, 3.8) is 0 Å². The van der Waals surface area contributed by atoms with Crippen LogP contribution < -0.4 is 5.32 Å². The van der Waals surface area contributed by atoms with E-state index in [1.165, 1.54) is 34.6 Å². The maximum absolute atomic E-state index is 14.2. The van der Waals surface area contributed by atoms with Crippen LogP contribution in [-0.2, 0) is 4.79 Å². The van der Waals surface area contributed by atoms with Crippen molar-refractivity contribution in [1.82, 2.24) is 35.0 Å². The summed E-state index contributed by atoms with van der Waals surface area (Å²) in [6.07, 6.45) is 1.55. The predicted octanol–water partition coefficient (Wildman–Crippen LogP) is 3.07. The van der Waals surface area contributed by atoms with Gasteiger partial charge in [-0.15, -0.1) is 15.3 Å². The third kappa shape index (κ3) is 4.31. The predicted molar refractivity (Wildman–Crippen MR) is 110 cm³/mol. The van der Waals surface area contributed by atoms with Crippen molar-refractivity contribution in [2.45, 2.75) is 12.1 Å². The van der Waals surface area contributed by atoms with E-state index in [2.05, 4.69) is 31.0 Å². The van der Waals surface area contributed by atoms with E-state index in [1.807, 2.05) is 12.1 Å². The number of carbonyl (C=O) groups excluding carboxylic acids is 1. The Morgan fingerprint density at radius 2 is 2.10 bits per heavy atom. The van der Waals surface area contributed by atoms with Gasteiger partial charge in [0.2, 0.25) is 5.91 Å². The molecule has 2 aromatic carbocycles. The smallest absolute Gasteiger partial charge is 0.234 e. The number of nitrogens with zero attached hydrogens (tertiary/aromatic N) is 7. The van der Waals surface area contributed by atoms with Gasteiger partial charge in [-0.1, -0.05) is 29.4 Å². The third-order valence-corrected chi connectivity index (χ3v) is 5.20. The summed E-state index contributed by atoms with van der Waals surface area (Å²) < 4.78 is 17.2. The first-order chi connectivity index (χ1) is 14.5. The average Bonchev–Trinajstić information content (AvgIpc) is 3.37. The van der Waals surface area contributed by atoms with Crippen molar-refractivity contribution in [2.24, 2.45) is 0 Å². The minimum absolute atomic E-state index is 0.0792. The Balaban J connectivity index is 1.44. The molecule has 0 fully saturated rings. The maximum Gasteiger partial charge on any atom is 0.234 e. The van der Waals surface area contributed by atoms with Gasteiger partial charge in [0.25, 0.3) is 0 Å². The molecule has 152 valence electrons. The molecule has 4 aromatic rings. The maximum atomic E-state index is 14.2. The number of nitrogens with one attached hydrogen (secondary N) is 1. The highest BCUT2D eigenvalue weighted by atomic mass is 35.5. The zero-order valence-electron chi connectivity index (χ0n) is 15.5. The number of rotatable bonds is 6. The standard InChI is InChI=1S/C18H14ClFN8OS/c1-11-23-25-26-28(11)16-8-13(5-6-15(16)20)22-17(29)9-30-18-24-21-10-27(18)14-4-2-3-12(19)7-14/h2-8,10H,9H2,1H3,(H,22,29). The van der Waals surface area contributed by atoms with Gasteiger partial charge in [0.15, 0.2) is 11.0 Å². The molecule has 0 aliphatic rings. The van der Waals surface area contributed by atoms with E-state index in [9.17, 15) is 9.18 Å². The molecule has 0 aliphatic carbocycles. The second-order valence-corrected chi connectivity index (χ2v) is 7.48. The van der Waals surface area contributed by atoms with Gasteiger partial charge >= 0.3 is 0 Å². The molecule has 0 radical (unpaired) electrons. The zero-order valence-corrected chi connectivity index (χ0v) is 17.1. The van der Waals surface area contributed by atoms with Gasteiger partial charge in [-0.05, 0) is 53.7 Å². The molecule has 9 nitrogen and oxygen atoms in total. The Kier molecular flexibility index (Phi) is 5.72. The molecule has 4 rings (SSSR count). The molecule has 30 heavy (non-hydrogen) atoms. The molecule has 0 saturated heterocycles. The lowest BCUT2D eigenvalue weighted by atomic mass is 10.2. The number of aromatic nitrogens is 7. The normalized spacial score (nSPS) is 10.9. The van der Waals surface area contributed by atoms with Crippen molar-refractivity contribution in [1.29, 1.82) is 0 Å². The number of carbonyl (C=O) groups is 1. The number of thioether (sulfide) groups is 1. The van der Waals surface area contributed by atoms with Gasteiger partial charge < -0.3 is 5.32 Å². The molecule has 0 aliphatic heterocycles. The molecule has 1 N–H and O–H groups in total. The number of aryl methyl sites for hydroxylation is 1. The Bertz CT molecular complexity index is 1210. The van der Waals surface area contributed by atoms with Crippen LogP contribution in [0.3, 0.4) is 0 Å². The molecule has 0 spiro atoms. The minimum atomic E-state index is -0.507. The van der Waals surface area contributed by atoms with Crippen LogP contribution in [0.15, 0.2) is 53.9 Å². The first-order valence-corrected chi connectivity index (χ1v) is 10.0. The van der Waals surface area contributed by atoms with Gasteiger partial charge in [-0.25, -0.2) is 4.39 Å². The summed E-state index contributed by atoms with van der Waals surface area (Å²) >= 11 is 7.25. The number of hydrogen-bond donors (Lipinski definition) is 1. The quantitative estimate of drug-likeness (QED) is 0.456. The molecular weight excluding hydrogens is 431 g/mol. The lowest BCUT2D eigenvalue weighted by Crippen LogP contribution is -2.15. The molecule has 0 atom stereocenters. The van der Waals surface area contributed by atoms with Crippen LogP contribution in [0.2, 0.25) is 5.02 Å². The second kappa shape index (κ2) is 8.59. The molecule has 12 heteroatoms. The van der Waals surface area contributed by atoms with Crippen LogP contribution in [0.5, 0.6) is 0 Å². The van der Waals surface area contributed by atoms with Gasteiger partial charge in [0, 0.05) is 10.7 Å². The third-order valence-electron chi connectivity index (χ3n) is 4.02. The monoisotopic (exact) mass is 444 g/mol. The van der Waals surface area contributed by atoms with Crippen molar-refractivity contribution in [3.8, 4) is 11.4 Å². The highest BCUT2D eigenvalue weighted by Crippen LogP contribution is 2.23. The van der Waals surface area contributed by atoms with Gasteiger partial charge in [-0.3, -0.25) is 9.36 Å². The lowest BCUT2D eigenvalue weighted by molar-refractivity contribution is -0.113. The van der Waals surface area contributed by atoms with Crippen LogP contribution in [0.25, 0.3) is 11.4 Å². The number of benzene rings is 2. The highest BCUT2D eigenvalue weighted by molar-refractivity contribution is 7.99. The molecule has 0 unspecified atom stereocenters. The number of amides is 1. The summed E-state index contributed by atoms with van der Waals surface area (Å²) in [4.78, 5) is 12.4. The minimum Gasteiger partial charge on any atom is -0.325 e. The van der Waals surface area contributed by atoms with Crippen LogP contribution in [0.1, 0.15) is 5.82 Å². The van der Waals surface area contributed by atoms with Crippen molar-refractivity contribution in [2.75, 3.05) is 11.1 Å². The fourth-order valence-corrected chi connectivity index (χ4v) is 3.57. The van der Waals surface area contributed by atoms with Crippen molar-refractivity contribution < 1.29 is 9.18 Å². The summed E-state index contributed by atoms with van der Waals surface area (Å²) in [6.45, 7) is 1.65. The zero-order chi connectivity index (χ0) is 21.1. The van der Waals surface area contributed by atoms with E-state index < -0.39 is 5.82 Å². The van der Waals surface area contributed by atoms with Crippen LogP contribution in [0.4, 0.5) is 10.1 Å². The summed E-state index contributed by atoms with van der Waals surface area (Å²) in [5.74, 6) is -0.289. The van der Waals surface area contributed by atoms with Crippen LogP contribution >= 0.6 is 23.4 Å². The second-order valence-electron chi connectivity index (χ2n) is 6.10. The Hall–Kier alpha value is -3.31. The Labute approximate surface area is 179 Å². The summed E-state index contributed by atoms with van der Waals surface area (Å²) in [7, 11) is 0. The number of tetrazole rings is 1. The molecule has 2 heterocycles. The number of anilines is 1. The average molecular weight is 445 g/mol. The lowest BCUT2D eigenvalue weighted by Gasteiger charge is -2.09. The van der Waals surface area contributed by atoms with Crippen LogP contribution in [0, 0.1) is 12.7 Å². The SMILES string of the molecule is Cc1nnnn1-c1cc(NC(=O)CSc2nncn2-c2cccc(Cl)c2)ccc1F. The fraction of sp³-hybridized carbons (Fsp3) is 0.111. The first-order valence-electron chi connectivity index (χ1n) is 8.65. The number of halogens is 2. The van der Waals surface area contributed by atoms with Crippen molar-refractivity contribution >= 4 is 35.0 Å². The summed E-state index contributed by atoms with van der Waals surface area (Å²) in [6, 6.07) is 11.4. The van der Waals surface area contributed by atoms with Gasteiger partial charge in [-0.2, -0.15) is 4.68 Å². The van der Waals surface area contributed by atoms with Gasteiger partial charge in [0.05, 0.1) is 11.4 Å². The molecule has 0 saturated carbocycles. The molecule has 0 bridgehead atoms. The van der Waals surface area contributed by atoms with Gasteiger partial charge in [0.1, 0.15) is 17.8 Å². The van der Waals surface area contributed by atoms with E-state index in [0.29, 0.717) is 21.7 Å². The topological polar surface area (TPSA) is 103 Å². The molecule has 2 aromatic heterocycles. The highest BCUT2D eigenvalue weighted by Gasteiger charge is 2.14. The fourth-order valence-electron chi connectivity index (χ4n) is 2.66. The van der Waals surface area contributed by atoms with Crippen molar-refractivity contribution in [3.05, 3.63) is 65.5 Å². The molecule has 1 amide bonds. The summed E-state index contributed by atoms with van der Waals surface area (Å²) in [5, 5.41) is 22.8. The number of hydrogen-bond acceptors (Lipinski definition) is 7. The van der Waals surface area contributed by atoms with E-state index in [-0.39, 0.29) is 17.3 Å². The van der Waals surface area contributed by atoms with E-state index in [1.54, 1.807) is 30.0 Å². The van der Waals surface area contributed by atoms with E-state index in [0.717, 1.165) is 5.69 Å². The Morgan fingerprint density at radius 1 is 1.23 bits per heavy atom. The van der Waals surface area contributed by atoms with E-state index in [4.69, 9.17) is 11.6 Å². The summed E-state index contributed by atoms with van der Waals surface area (Å²) in [5.41, 5.74) is 1.35. The Morgan fingerprint density at radius 3 is 2.87 bits per heavy atom. The largest absolute Gasteiger partial charge is 0.325 e.